The first-order chi connectivity index (χ1) is 31.1. The number of thiophene rings is 1. The third-order valence-electron chi connectivity index (χ3n) is 9.41. The Morgan fingerprint density at radius 2 is 1.40 bits per heavy atom. The third kappa shape index (κ3) is 7.68. The van der Waals surface area contributed by atoms with E-state index in [0.717, 1.165) is 42.8 Å². The zero-order chi connectivity index (χ0) is 45.9. The van der Waals surface area contributed by atoms with E-state index in [0.29, 0.717) is 22.4 Å². The van der Waals surface area contributed by atoms with Gasteiger partial charge in [-0.15, -0.1) is 54.1 Å². The maximum Gasteiger partial charge on any atom is 0.114 e. The number of fused-ring (bicyclic) bond motifs is 4. The molecule has 4 nitrogen and oxygen atoms in total. The third-order valence-corrected chi connectivity index (χ3v) is 12.6. The van der Waals surface area contributed by atoms with Crippen molar-refractivity contribution >= 4 is 55.9 Å². The van der Waals surface area contributed by atoms with E-state index in [1.807, 2.05) is 79.0 Å². The van der Waals surface area contributed by atoms with Crippen LogP contribution in [0.15, 0.2) is 176 Å². The summed E-state index contributed by atoms with van der Waals surface area (Å²) in [4.78, 5) is 15.2. The Kier molecular flexibility index (Phi) is 8.18. The molecule has 0 unspecified atom stereocenters. The van der Waals surface area contributed by atoms with Gasteiger partial charge in [-0.1, -0.05) is 140 Å². The van der Waals surface area contributed by atoms with E-state index in [1.165, 1.54) is 16.5 Å². The summed E-state index contributed by atoms with van der Waals surface area (Å²) in [6, 6.07) is 38.3. The van der Waals surface area contributed by atoms with Crippen molar-refractivity contribution in [2.24, 2.45) is 0 Å². The first kappa shape index (κ1) is 28.6. The van der Waals surface area contributed by atoms with Gasteiger partial charge in [-0.25, -0.2) is 4.98 Å². The molecule has 6 aromatic carbocycles. The maximum absolute atomic E-state index is 9.17. The standard InChI is InChI=1S/C36H22N3S.C14H16NSi.Ir/c1-3-12-24(13-4-1)26-16-7-9-20-32(26)39-33-21-10-8-19-31(33)37-35(39)29-18-11-17-27-28-22-23-30(25-14-5-2-6-15-25)38-36(28)40-34(27)29;1-16(2,3)13-9-10-14(15-11-13)12-7-5-4-6-8-12;/h1-17,19-23H;4-7,9-11H,1-3H3;/q2*-1;/i1D,3D,4D,7D,9D,12D,13D,16D,20D;;. The Hall–Kier alpha value is -5.82. The van der Waals surface area contributed by atoms with Crippen molar-refractivity contribution in [1.82, 2.24) is 19.5 Å². The van der Waals surface area contributed by atoms with Crippen molar-refractivity contribution < 1.29 is 32.4 Å². The molecule has 4 heterocycles. The van der Waals surface area contributed by atoms with Crippen molar-refractivity contribution in [2.75, 3.05) is 0 Å². The molecule has 0 bridgehead atoms. The van der Waals surface area contributed by atoms with E-state index in [4.69, 9.17) is 20.9 Å². The number of hydrogen-bond donors (Lipinski definition) is 0. The van der Waals surface area contributed by atoms with Gasteiger partial charge in [-0.2, -0.15) is 11.3 Å². The molecule has 0 atom stereocenters. The molecule has 1 radical (unpaired) electrons. The quantitative estimate of drug-likeness (QED) is 0.123. The first-order valence-corrected chi connectivity index (χ1v) is 22.4. The van der Waals surface area contributed by atoms with Gasteiger partial charge in [0.2, 0.25) is 0 Å². The van der Waals surface area contributed by atoms with Crippen LogP contribution in [0.5, 0.6) is 0 Å². The molecule has 0 aliphatic carbocycles. The van der Waals surface area contributed by atoms with Crippen molar-refractivity contribution in [3.05, 3.63) is 188 Å². The maximum atomic E-state index is 9.17. The summed E-state index contributed by atoms with van der Waals surface area (Å²) in [6.45, 7) is 7.00. The number of imidazole rings is 1. The number of benzene rings is 6. The number of hydrogen-bond acceptors (Lipinski definition) is 4. The normalized spacial score (nSPS) is 13.5. The molecule has 7 heteroatoms. The molecule has 0 saturated heterocycles. The molecular formula is C50H38IrN4SSi-2. The van der Waals surface area contributed by atoms with E-state index in [1.54, 1.807) is 34.9 Å². The van der Waals surface area contributed by atoms with Crippen LogP contribution in [0.1, 0.15) is 12.3 Å². The Morgan fingerprint density at radius 3 is 2.18 bits per heavy atom. The number of pyridine rings is 2. The average molecular weight is 956 g/mol. The molecule has 10 aromatic rings. The summed E-state index contributed by atoms with van der Waals surface area (Å²) < 4.78 is 80.1. The number of aromatic nitrogens is 4. The van der Waals surface area contributed by atoms with Crippen LogP contribution in [0.25, 0.3) is 82.1 Å². The second-order valence-corrected chi connectivity index (χ2v) is 20.1. The minimum Gasteiger partial charge on any atom is -0.333 e. The Balaban J connectivity index is 0.000000295. The summed E-state index contributed by atoms with van der Waals surface area (Å²) in [5.74, 6) is 0.306. The Morgan fingerprint density at radius 1 is 0.649 bits per heavy atom. The van der Waals surface area contributed by atoms with Gasteiger partial charge in [0, 0.05) is 43.1 Å². The molecule has 0 aliphatic heterocycles. The summed E-state index contributed by atoms with van der Waals surface area (Å²) in [5, 5.41) is 3.23. The van der Waals surface area contributed by atoms with Crippen LogP contribution in [0.4, 0.5) is 0 Å². The Labute approximate surface area is 364 Å². The smallest absolute Gasteiger partial charge is 0.114 e. The number of rotatable bonds is 6. The summed E-state index contributed by atoms with van der Waals surface area (Å²) >= 11 is 1.45. The second kappa shape index (κ2) is 16.3. The van der Waals surface area contributed by atoms with E-state index >= 15 is 0 Å². The SMILES string of the molecule is C[Si](C)(C)c1ccc(-c2[c-]cccc2)nc1.[2H]c1c([2H])c([2H])c(-c2c([2H])c([2H])c([2H])c([2H])c2-n2c(-c3[c-]ccc4c3sc3nc(-c5ccccc5)ccc34)nc3ccccc32)c([2H])c1[2H].[Ir]. The summed E-state index contributed by atoms with van der Waals surface area (Å²) in [7, 11) is -1.23. The molecule has 0 aliphatic rings. The second-order valence-electron chi connectivity index (χ2n) is 14.1. The zero-order valence-electron chi connectivity index (χ0n) is 40.1. The van der Waals surface area contributed by atoms with Gasteiger partial charge in [0.05, 0.1) is 43.0 Å². The Bertz CT molecular complexity index is 3440. The van der Waals surface area contributed by atoms with Gasteiger partial charge in [0.25, 0.3) is 0 Å². The van der Waals surface area contributed by atoms with Crippen LogP contribution in [-0.4, -0.2) is 27.6 Å². The molecule has 0 fully saturated rings. The van der Waals surface area contributed by atoms with Crippen LogP contribution >= 0.6 is 11.3 Å². The van der Waals surface area contributed by atoms with Crippen molar-refractivity contribution in [2.45, 2.75) is 19.6 Å². The van der Waals surface area contributed by atoms with Gasteiger partial charge >= 0.3 is 0 Å². The molecule has 0 amide bonds. The van der Waals surface area contributed by atoms with E-state index in [2.05, 4.69) is 48.9 Å². The van der Waals surface area contributed by atoms with Gasteiger partial charge < -0.3 is 9.55 Å². The van der Waals surface area contributed by atoms with Crippen LogP contribution in [-0.2, 0) is 20.1 Å². The molecule has 10 rings (SSSR count). The summed E-state index contributed by atoms with van der Waals surface area (Å²) in [6.07, 6.45) is 2.02. The fraction of sp³-hybridized carbons (Fsp3) is 0.0600. The van der Waals surface area contributed by atoms with Gasteiger partial charge in [-0.05, 0) is 50.8 Å². The topological polar surface area (TPSA) is 43.6 Å². The van der Waals surface area contributed by atoms with Gasteiger partial charge in [0.1, 0.15) is 4.83 Å². The van der Waals surface area contributed by atoms with Crippen LogP contribution in [0, 0.1) is 12.1 Å². The summed E-state index contributed by atoms with van der Waals surface area (Å²) in [5.41, 5.74) is 4.77. The fourth-order valence-corrected chi connectivity index (χ4v) is 8.76. The molecule has 4 aromatic heterocycles. The zero-order valence-corrected chi connectivity index (χ0v) is 35.3. The molecular weight excluding hydrogens is 909 g/mol. The number of nitrogens with zero attached hydrogens (tertiary/aromatic N) is 4. The molecule has 57 heavy (non-hydrogen) atoms. The van der Waals surface area contributed by atoms with Crippen LogP contribution in [0.3, 0.4) is 0 Å². The van der Waals surface area contributed by atoms with E-state index in [9.17, 15) is 1.37 Å². The molecule has 279 valence electrons. The largest absolute Gasteiger partial charge is 0.333 e. The molecule has 0 spiro atoms. The predicted molar refractivity (Wildman–Crippen MR) is 238 cm³/mol. The van der Waals surface area contributed by atoms with Crippen molar-refractivity contribution in [3.63, 3.8) is 0 Å². The van der Waals surface area contributed by atoms with Gasteiger partial charge in [0.15, 0.2) is 0 Å². The predicted octanol–water partition coefficient (Wildman–Crippen LogP) is 12.7. The number of para-hydroxylation sites is 3. The first-order valence-electron chi connectivity index (χ1n) is 22.5. The molecule has 0 N–H and O–H groups in total. The monoisotopic (exact) mass is 956 g/mol. The van der Waals surface area contributed by atoms with Crippen LogP contribution in [0.2, 0.25) is 19.6 Å². The minimum atomic E-state index is -1.23. The van der Waals surface area contributed by atoms with E-state index < -0.39 is 62.5 Å². The van der Waals surface area contributed by atoms with Crippen molar-refractivity contribution in [1.29, 1.82) is 0 Å². The van der Waals surface area contributed by atoms with Crippen LogP contribution < -0.4 is 5.19 Å². The fourth-order valence-electron chi connectivity index (χ4n) is 6.56. The average Bonchev–Trinajstić information content (AvgIpc) is 3.90. The van der Waals surface area contributed by atoms with Gasteiger partial charge in [-0.3, -0.25) is 4.98 Å². The minimum absolute atomic E-state index is 0. The molecule has 0 saturated carbocycles. The van der Waals surface area contributed by atoms with Crippen molar-refractivity contribution in [3.8, 4) is 50.7 Å². The van der Waals surface area contributed by atoms with E-state index in [-0.39, 0.29) is 36.9 Å².